The first kappa shape index (κ1) is 13.4. The molecule has 1 saturated carbocycles. The topological polar surface area (TPSA) is 29.5 Å². The third-order valence-electron chi connectivity index (χ3n) is 4.45. The summed E-state index contributed by atoms with van der Waals surface area (Å²) in [4.78, 5) is 0. The molecule has 1 N–H and O–H groups in total. The van der Waals surface area contributed by atoms with E-state index in [1.54, 1.807) is 7.11 Å². The van der Waals surface area contributed by atoms with Crippen LogP contribution in [0.5, 0.6) is 5.75 Å². The van der Waals surface area contributed by atoms with Crippen molar-refractivity contribution in [2.75, 3.05) is 7.11 Å². The molecule has 100 valence electrons. The zero-order valence-electron chi connectivity index (χ0n) is 11.9. The molecule has 1 fully saturated rings. The molecule has 2 atom stereocenters. The molecule has 0 radical (unpaired) electrons. The second kappa shape index (κ2) is 4.58. The van der Waals surface area contributed by atoms with Crippen molar-refractivity contribution in [1.29, 1.82) is 0 Å². The van der Waals surface area contributed by atoms with Gasteiger partial charge in [-0.15, -0.1) is 0 Å². The van der Waals surface area contributed by atoms with Gasteiger partial charge in [-0.3, -0.25) is 0 Å². The highest BCUT2D eigenvalue weighted by Gasteiger charge is 2.43. The van der Waals surface area contributed by atoms with Gasteiger partial charge in [0.2, 0.25) is 0 Å². The quantitative estimate of drug-likeness (QED) is 0.864. The summed E-state index contributed by atoms with van der Waals surface area (Å²) in [5.74, 6) is 1.13. The molecule has 2 rings (SSSR count). The molecular weight excluding hydrogens is 224 g/mol. The van der Waals surface area contributed by atoms with E-state index in [-0.39, 0.29) is 5.92 Å². The van der Waals surface area contributed by atoms with Crippen molar-refractivity contribution >= 4 is 0 Å². The summed E-state index contributed by atoms with van der Waals surface area (Å²) in [5.41, 5.74) is 0.686. The van der Waals surface area contributed by atoms with E-state index in [1.165, 1.54) is 0 Å². The van der Waals surface area contributed by atoms with Gasteiger partial charge < -0.3 is 9.84 Å². The smallest absolute Gasteiger partial charge is 0.118 e. The molecule has 0 spiro atoms. The van der Waals surface area contributed by atoms with Gasteiger partial charge in [0.25, 0.3) is 0 Å². The second-order valence-electron chi connectivity index (χ2n) is 6.42. The molecule has 2 nitrogen and oxygen atoms in total. The van der Waals surface area contributed by atoms with Crippen LogP contribution >= 0.6 is 0 Å². The summed E-state index contributed by atoms with van der Waals surface area (Å²) in [6, 6.07) is 7.85. The van der Waals surface area contributed by atoms with Gasteiger partial charge in [-0.2, -0.15) is 0 Å². The lowest BCUT2D eigenvalue weighted by atomic mass is 9.63. The van der Waals surface area contributed by atoms with E-state index >= 15 is 0 Å². The first-order chi connectivity index (χ1) is 8.37. The van der Waals surface area contributed by atoms with Crippen LogP contribution < -0.4 is 4.74 Å². The minimum absolute atomic E-state index is 0.287. The molecule has 18 heavy (non-hydrogen) atoms. The van der Waals surface area contributed by atoms with Gasteiger partial charge in [-0.05, 0) is 48.3 Å². The Labute approximate surface area is 110 Å². The molecule has 2 heteroatoms. The molecular formula is C16H24O2. The Kier molecular flexibility index (Phi) is 3.41. The normalized spacial score (nSPS) is 31.1. The van der Waals surface area contributed by atoms with Crippen molar-refractivity contribution in [3.8, 4) is 5.75 Å². The van der Waals surface area contributed by atoms with Gasteiger partial charge >= 0.3 is 0 Å². The van der Waals surface area contributed by atoms with Crippen LogP contribution in [-0.2, 0) is 5.60 Å². The highest BCUT2D eigenvalue weighted by atomic mass is 16.5. The first-order valence-electron chi connectivity index (χ1n) is 6.74. The van der Waals surface area contributed by atoms with E-state index < -0.39 is 5.60 Å². The third-order valence-corrected chi connectivity index (χ3v) is 4.45. The van der Waals surface area contributed by atoms with E-state index in [1.807, 2.05) is 24.3 Å². The average Bonchev–Trinajstić information content (AvgIpc) is 2.34. The summed E-state index contributed by atoms with van der Waals surface area (Å²) in [6.45, 7) is 6.74. The van der Waals surface area contributed by atoms with Crippen LogP contribution in [0.4, 0.5) is 0 Å². The maximum absolute atomic E-state index is 11.0. The number of methoxy groups -OCH3 is 1. The largest absolute Gasteiger partial charge is 0.497 e. The fourth-order valence-electron chi connectivity index (χ4n) is 3.18. The van der Waals surface area contributed by atoms with Crippen LogP contribution in [0.2, 0.25) is 0 Å². The predicted molar refractivity (Wildman–Crippen MR) is 73.7 cm³/mol. The Morgan fingerprint density at radius 2 is 1.78 bits per heavy atom. The Hall–Kier alpha value is -1.02. The van der Waals surface area contributed by atoms with Crippen LogP contribution in [0, 0.1) is 11.3 Å². The summed E-state index contributed by atoms with van der Waals surface area (Å²) in [7, 11) is 1.66. The standard InChI is InChI=1S/C16H24O2/c1-12-11-15(2,3)9-10-16(12,17)13-5-7-14(18-4)8-6-13/h5-8,12,17H,9-11H2,1-4H3. The lowest BCUT2D eigenvalue weighted by Crippen LogP contribution is -2.41. The first-order valence-corrected chi connectivity index (χ1v) is 6.74. The molecule has 1 aliphatic carbocycles. The summed E-state index contributed by atoms with van der Waals surface area (Å²) in [5, 5.41) is 11.0. The Bertz CT molecular complexity index is 408. The van der Waals surface area contributed by atoms with Crippen molar-refractivity contribution in [2.24, 2.45) is 11.3 Å². The highest BCUT2D eigenvalue weighted by Crippen LogP contribution is 2.48. The molecule has 0 aliphatic heterocycles. The number of rotatable bonds is 2. The van der Waals surface area contributed by atoms with Crippen molar-refractivity contribution in [3.05, 3.63) is 29.8 Å². The SMILES string of the molecule is COc1ccc(C2(O)CCC(C)(C)CC2C)cc1. The van der Waals surface area contributed by atoms with Gasteiger partial charge in [0.1, 0.15) is 5.75 Å². The van der Waals surface area contributed by atoms with Crippen LogP contribution in [0.25, 0.3) is 0 Å². The molecule has 0 aromatic heterocycles. The van der Waals surface area contributed by atoms with Crippen molar-refractivity contribution in [2.45, 2.75) is 45.6 Å². The Morgan fingerprint density at radius 3 is 2.28 bits per heavy atom. The van der Waals surface area contributed by atoms with E-state index in [0.29, 0.717) is 5.41 Å². The fraction of sp³-hybridized carbons (Fsp3) is 0.625. The van der Waals surface area contributed by atoms with E-state index in [2.05, 4.69) is 20.8 Å². The Balaban J connectivity index is 2.25. The summed E-state index contributed by atoms with van der Waals surface area (Å²) >= 11 is 0. The van der Waals surface area contributed by atoms with E-state index in [0.717, 1.165) is 30.6 Å². The maximum atomic E-state index is 11.0. The van der Waals surface area contributed by atoms with Gasteiger partial charge in [-0.1, -0.05) is 32.9 Å². The van der Waals surface area contributed by atoms with Crippen LogP contribution in [0.15, 0.2) is 24.3 Å². The Morgan fingerprint density at radius 1 is 1.17 bits per heavy atom. The molecule has 1 aromatic rings. The van der Waals surface area contributed by atoms with Crippen molar-refractivity contribution in [1.82, 2.24) is 0 Å². The molecule has 1 aromatic carbocycles. The zero-order chi connectivity index (χ0) is 13.4. The van der Waals surface area contributed by atoms with Gasteiger partial charge in [0.05, 0.1) is 12.7 Å². The van der Waals surface area contributed by atoms with E-state index in [4.69, 9.17) is 4.74 Å². The maximum Gasteiger partial charge on any atom is 0.118 e. The summed E-state index contributed by atoms with van der Waals surface area (Å²) < 4.78 is 5.17. The highest BCUT2D eigenvalue weighted by molar-refractivity contribution is 5.31. The van der Waals surface area contributed by atoms with Crippen LogP contribution in [-0.4, -0.2) is 12.2 Å². The lowest BCUT2D eigenvalue weighted by Gasteiger charge is -2.45. The molecule has 0 saturated heterocycles. The third kappa shape index (κ3) is 2.39. The monoisotopic (exact) mass is 248 g/mol. The number of hydrogen-bond donors (Lipinski definition) is 1. The molecule has 0 amide bonds. The molecule has 1 aliphatic rings. The lowest BCUT2D eigenvalue weighted by molar-refractivity contribution is -0.0769. The molecule has 2 unspecified atom stereocenters. The van der Waals surface area contributed by atoms with Crippen LogP contribution in [0.3, 0.4) is 0 Å². The van der Waals surface area contributed by atoms with E-state index in [9.17, 15) is 5.11 Å². The van der Waals surface area contributed by atoms with Gasteiger partial charge in [0.15, 0.2) is 0 Å². The number of benzene rings is 1. The second-order valence-corrected chi connectivity index (χ2v) is 6.42. The fourth-order valence-corrected chi connectivity index (χ4v) is 3.18. The van der Waals surface area contributed by atoms with Crippen molar-refractivity contribution in [3.63, 3.8) is 0 Å². The molecule has 0 heterocycles. The predicted octanol–water partition coefficient (Wildman–Crippen LogP) is 3.73. The minimum atomic E-state index is -0.679. The zero-order valence-corrected chi connectivity index (χ0v) is 11.9. The number of ether oxygens (including phenoxy) is 1. The average molecular weight is 248 g/mol. The summed E-state index contributed by atoms with van der Waals surface area (Å²) in [6.07, 6.45) is 2.98. The molecule has 0 bridgehead atoms. The minimum Gasteiger partial charge on any atom is -0.497 e. The van der Waals surface area contributed by atoms with Crippen LogP contribution in [0.1, 0.15) is 45.6 Å². The number of hydrogen-bond acceptors (Lipinski definition) is 2. The van der Waals surface area contributed by atoms with Crippen molar-refractivity contribution < 1.29 is 9.84 Å². The number of aliphatic hydroxyl groups is 1. The van der Waals surface area contributed by atoms with Gasteiger partial charge in [-0.25, -0.2) is 0 Å². The van der Waals surface area contributed by atoms with Gasteiger partial charge in [0, 0.05) is 0 Å².